The maximum atomic E-state index is 12.6. The van der Waals surface area contributed by atoms with Crippen molar-refractivity contribution in [3.05, 3.63) is 34.9 Å². The zero-order chi connectivity index (χ0) is 14.0. The van der Waals surface area contributed by atoms with Gasteiger partial charge in [-0.3, -0.25) is 4.79 Å². The van der Waals surface area contributed by atoms with E-state index in [1.807, 2.05) is 32.0 Å². The van der Waals surface area contributed by atoms with E-state index in [2.05, 4.69) is 0 Å². The average Bonchev–Trinajstić information content (AvgIpc) is 2.40. The summed E-state index contributed by atoms with van der Waals surface area (Å²) in [7, 11) is 0. The summed E-state index contributed by atoms with van der Waals surface area (Å²) in [6, 6.07) is 5.02. The smallest absolute Gasteiger partial charge is 0.326 e. The van der Waals surface area contributed by atoms with Gasteiger partial charge in [-0.2, -0.15) is 0 Å². The fourth-order valence-corrected chi connectivity index (χ4v) is 2.55. The molecule has 1 atom stereocenters. The van der Waals surface area contributed by atoms with Gasteiger partial charge in [0.2, 0.25) is 0 Å². The van der Waals surface area contributed by atoms with Crippen LogP contribution in [0.5, 0.6) is 0 Å². The van der Waals surface area contributed by atoms with E-state index in [1.165, 1.54) is 4.90 Å². The first kappa shape index (κ1) is 13.6. The van der Waals surface area contributed by atoms with Crippen LogP contribution < -0.4 is 0 Å². The molecule has 0 spiro atoms. The van der Waals surface area contributed by atoms with E-state index in [0.717, 1.165) is 24.0 Å². The Morgan fingerprint density at radius 1 is 1.26 bits per heavy atom. The number of benzene rings is 1. The van der Waals surface area contributed by atoms with Crippen molar-refractivity contribution in [2.24, 2.45) is 0 Å². The van der Waals surface area contributed by atoms with Crippen molar-refractivity contribution < 1.29 is 14.7 Å². The summed E-state index contributed by atoms with van der Waals surface area (Å²) in [6.45, 7) is 4.34. The lowest BCUT2D eigenvalue weighted by atomic mass is 9.98. The minimum atomic E-state index is -0.904. The molecule has 0 unspecified atom stereocenters. The van der Waals surface area contributed by atoms with E-state index in [9.17, 15) is 14.7 Å². The van der Waals surface area contributed by atoms with Crippen molar-refractivity contribution in [3.8, 4) is 0 Å². The number of amides is 1. The van der Waals surface area contributed by atoms with Crippen molar-refractivity contribution in [2.45, 2.75) is 39.2 Å². The highest BCUT2D eigenvalue weighted by atomic mass is 16.4. The second-order valence-corrected chi connectivity index (χ2v) is 5.17. The lowest BCUT2D eigenvalue weighted by Gasteiger charge is -2.33. The fourth-order valence-electron chi connectivity index (χ4n) is 2.55. The van der Waals surface area contributed by atoms with Gasteiger partial charge in [-0.05, 0) is 44.7 Å². The number of hydrogen-bond acceptors (Lipinski definition) is 2. The van der Waals surface area contributed by atoms with Crippen molar-refractivity contribution in [1.29, 1.82) is 0 Å². The Morgan fingerprint density at radius 2 is 2.00 bits per heavy atom. The highest BCUT2D eigenvalue weighted by Gasteiger charge is 2.32. The molecule has 1 fully saturated rings. The zero-order valence-corrected chi connectivity index (χ0v) is 11.3. The standard InChI is InChI=1S/C15H19NO3/c1-10-6-7-11(2)12(9-10)14(17)16-8-4-3-5-13(16)15(18)19/h6-7,9,13H,3-5,8H2,1-2H3,(H,18,19)/t13-/m0/s1. The third-order valence-corrected chi connectivity index (χ3v) is 3.67. The Kier molecular flexibility index (Phi) is 3.88. The second kappa shape index (κ2) is 5.43. The molecule has 4 heteroatoms. The van der Waals surface area contributed by atoms with E-state index >= 15 is 0 Å². The van der Waals surface area contributed by atoms with Gasteiger partial charge >= 0.3 is 5.97 Å². The molecule has 1 N–H and O–H groups in total. The summed E-state index contributed by atoms with van der Waals surface area (Å²) in [5, 5.41) is 9.23. The van der Waals surface area contributed by atoms with Crippen molar-refractivity contribution in [1.82, 2.24) is 4.90 Å². The van der Waals surface area contributed by atoms with Crippen LogP contribution >= 0.6 is 0 Å². The predicted molar refractivity (Wildman–Crippen MR) is 72.2 cm³/mol. The Morgan fingerprint density at radius 3 is 2.68 bits per heavy atom. The SMILES string of the molecule is Cc1ccc(C)c(C(=O)N2CCCC[C@H]2C(=O)O)c1. The van der Waals surface area contributed by atoms with Crippen LogP contribution in [0.4, 0.5) is 0 Å². The second-order valence-electron chi connectivity index (χ2n) is 5.17. The van der Waals surface area contributed by atoms with Crippen molar-refractivity contribution in [2.75, 3.05) is 6.54 Å². The van der Waals surface area contributed by atoms with E-state index in [-0.39, 0.29) is 5.91 Å². The van der Waals surface area contributed by atoms with Crippen LogP contribution in [0.2, 0.25) is 0 Å². The van der Waals surface area contributed by atoms with E-state index in [4.69, 9.17) is 0 Å². The first-order valence-electron chi connectivity index (χ1n) is 6.61. The number of aliphatic carboxylic acids is 1. The molecule has 0 aromatic heterocycles. The number of carbonyl (C=O) groups is 2. The normalized spacial score (nSPS) is 19.3. The number of carbonyl (C=O) groups excluding carboxylic acids is 1. The molecule has 0 bridgehead atoms. The molecule has 0 radical (unpaired) electrons. The first-order valence-corrected chi connectivity index (χ1v) is 6.61. The lowest BCUT2D eigenvalue weighted by molar-refractivity contribution is -0.143. The molecule has 0 aliphatic carbocycles. The molecule has 1 aliphatic rings. The minimum Gasteiger partial charge on any atom is -0.480 e. The van der Waals surface area contributed by atoms with Gasteiger partial charge in [0.25, 0.3) is 5.91 Å². The Bertz CT molecular complexity index is 510. The molecule has 1 aromatic carbocycles. The van der Waals surface area contributed by atoms with Crippen molar-refractivity contribution in [3.63, 3.8) is 0 Å². The number of aryl methyl sites for hydroxylation is 2. The molecule has 1 aliphatic heterocycles. The van der Waals surface area contributed by atoms with Crippen LogP contribution in [-0.4, -0.2) is 34.5 Å². The summed E-state index contributed by atoms with van der Waals surface area (Å²) in [6.07, 6.45) is 2.29. The number of hydrogen-bond donors (Lipinski definition) is 1. The highest BCUT2D eigenvalue weighted by Crippen LogP contribution is 2.22. The number of nitrogens with zero attached hydrogens (tertiary/aromatic N) is 1. The molecule has 1 saturated heterocycles. The van der Waals surface area contributed by atoms with Crippen molar-refractivity contribution >= 4 is 11.9 Å². The minimum absolute atomic E-state index is 0.159. The van der Waals surface area contributed by atoms with E-state index in [0.29, 0.717) is 18.5 Å². The number of rotatable bonds is 2. The van der Waals surface area contributed by atoms with Gasteiger partial charge in [-0.1, -0.05) is 17.7 Å². The largest absolute Gasteiger partial charge is 0.480 e. The van der Waals surface area contributed by atoms with Gasteiger partial charge in [0, 0.05) is 12.1 Å². The van der Waals surface area contributed by atoms with Gasteiger partial charge in [0.1, 0.15) is 6.04 Å². The topological polar surface area (TPSA) is 57.6 Å². The molecule has 4 nitrogen and oxygen atoms in total. The maximum absolute atomic E-state index is 12.6. The van der Waals surface area contributed by atoms with Crippen LogP contribution in [0.15, 0.2) is 18.2 Å². The molecule has 2 rings (SSSR count). The number of carboxylic acids is 1. The Labute approximate surface area is 113 Å². The summed E-state index contributed by atoms with van der Waals surface area (Å²) < 4.78 is 0. The van der Waals surface area contributed by atoms with E-state index in [1.54, 1.807) is 0 Å². The highest BCUT2D eigenvalue weighted by molar-refractivity contribution is 5.98. The molecule has 0 saturated carbocycles. The Hall–Kier alpha value is -1.84. The molecular formula is C15H19NO3. The van der Waals surface area contributed by atoms with Crippen LogP contribution in [0, 0.1) is 13.8 Å². The molecule has 1 amide bonds. The van der Waals surface area contributed by atoms with Gasteiger partial charge in [-0.15, -0.1) is 0 Å². The number of piperidine rings is 1. The van der Waals surface area contributed by atoms with Crippen LogP contribution in [0.1, 0.15) is 40.7 Å². The summed E-state index contributed by atoms with van der Waals surface area (Å²) in [5.41, 5.74) is 2.52. The average molecular weight is 261 g/mol. The monoisotopic (exact) mass is 261 g/mol. The van der Waals surface area contributed by atoms with Gasteiger partial charge in [-0.25, -0.2) is 4.79 Å². The Balaban J connectivity index is 2.31. The maximum Gasteiger partial charge on any atom is 0.326 e. The first-order chi connectivity index (χ1) is 9.00. The van der Waals surface area contributed by atoms with E-state index < -0.39 is 12.0 Å². The molecule has 1 aromatic rings. The van der Waals surface area contributed by atoms with Crippen LogP contribution in [-0.2, 0) is 4.79 Å². The lowest BCUT2D eigenvalue weighted by Crippen LogP contribution is -2.48. The number of likely N-dealkylation sites (tertiary alicyclic amines) is 1. The van der Waals surface area contributed by atoms with Gasteiger partial charge in [0.15, 0.2) is 0 Å². The summed E-state index contributed by atoms with van der Waals surface area (Å²) in [5.74, 6) is -1.06. The van der Waals surface area contributed by atoms with Crippen LogP contribution in [0.25, 0.3) is 0 Å². The quantitative estimate of drug-likeness (QED) is 0.889. The third kappa shape index (κ3) is 2.78. The predicted octanol–water partition coefficient (Wildman–Crippen LogP) is 2.38. The molecular weight excluding hydrogens is 242 g/mol. The van der Waals surface area contributed by atoms with Crippen LogP contribution in [0.3, 0.4) is 0 Å². The van der Waals surface area contributed by atoms with Gasteiger partial charge < -0.3 is 10.0 Å². The number of carboxylic acid groups (broad SMARTS) is 1. The fraction of sp³-hybridized carbons (Fsp3) is 0.467. The van der Waals surface area contributed by atoms with Gasteiger partial charge in [0.05, 0.1) is 0 Å². The molecule has 1 heterocycles. The molecule has 19 heavy (non-hydrogen) atoms. The summed E-state index contributed by atoms with van der Waals surface area (Å²) in [4.78, 5) is 25.3. The zero-order valence-electron chi connectivity index (χ0n) is 11.3. The third-order valence-electron chi connectivity index (χ3n) is 3.67. The summed E-state index contributed by atoms with van der Waals surface area (Å²) >= 11 is 0. The molecule has 102 valence electrons.